The number of aliphatic hydroxyl groups excluding tert-OH is 1. The topological polar surface area (TPSA) is 23.5 Å². The highest BCUT2D eigenvalue weighted by Crippen LogP contribution is 2.16. The Morgan fingerprint density at radius 1 is 1.17 bits per heavy atom. The molecule has 2 nitrogen and oxygen atoms in total. The van der Waals surface area contributed by atoms with Crippen LogP contribution in [0.2, 0.25) is 0 Å². The molecule has 2 heteroatoms. The number of hydrogen-bond acceptors (Lipinski definition) is 2. The van der Waals surface area contributed by atoms with Gasteiger partial charge in [0.2, 0.25) is 0 Å². The van der Waals surface area contributed by atoms with E-state index >= 15 is 0 Å². The summed E-state index contributed by atoms with van der Waals surface area (Å²) >= 11 is 0. The summed E-state index contributed by atoms with van der Waals surface area (Å²) in [5, 5.41) is 8.63. The Bertz CT molecular complexity index is 417. The van der Waals surface area contributed by atoms with E-state index in [-0.39, 0.29) is 6.61 Å². The summed E-state index contributed by atoms with van der Waals surface area (Å²) in [4.78, 5) is 2.33. The van der Waals surface area contributed by atoms with Crippen molar-refractivity contribution in [3.63, 3.8) is 0 Å². The Morgan fingerprint density at radius 2 is 1.78 bits per heavy atom. The fraction of sp³-hybridized carbons (Fsp3) is 0.500. The van der Waals surface area contributed by atoms with Gasteiger partial charge in [-0.25, -0.2) is 0 Å². The smallest absolute Gasteiger partial charge is 0.104 e. The number of rotatable bonds is 3. The molecule has 0 aliphatic heterocycles. The average molecular weight is 245 g/mol. The molecule has 1 aromatic rings. The van der Waals surface area contributed by atoms with Crippen LogP contribution < -0.4 is 0 Å². The van der Waals surface area contributed by atoms with Gasteiger partial charge in [0.05, 0.1) is 0 Å². The van der Waals surface area contributed by atoms with Gasteiger partial charge in [-0.3, -0.25) is 0 Å². The van der Waals surface area contributed by atoms with E-state index in [2.05, 4.69) is 56.7 Å². The third kappa shape index (κ3) is 5.86. The second-order valence-electron chi connectivity index (χ2n) is 5.89. The van der Waals surface area contributed by atoms with Gasteiger partial charge in [-0.15, -0.1) is 0 Å². The van der Waals surface area contributed by atoms with Crippen LogP contribution in [0.1, 0.15) is 31.9 Å². The molecule has 0 aliphatic rings. The van der Waals surface area contributed by atoms with E-state index in [0.717, 1.165) is 18.7 Å². The van der Waals surface area contributed by atoms with Crippen molar-refractivity contribution in [2.75, 3.05) is 20.2 Å². The molecule has 0 saturated heterocycles. The van der Waals surface area contributed by atoms with E-state index in [4.69, 9.17) is 5.11 Å². The second-order valence-corrected chi connectivity index (χ2v) is 5.89. The zero-order valence-electron chi connectivity index (χ0n) is 11.8. The van der Waals surface area contributed by atoms with Gasteiger partial charge in [0.25, 0.3) is 0 Å². The van der Waals surface area contributed by atoms with Crippen molar-refractivity contribution < 1.29 is 5.11 Å². The lowest BCUT2D eigenvalue weighted by Gasteiger charge is -2.26. The molecule has 0 radical (unpaired) electrons. The van der Waals surface area contributed by atoms with Crippen molar-refractivity contribution >= 4 is 0 Å². The van der Waals surface area contributed by atoms with Crippen molar-refractivity contribution in [2.24, 2.45) is 5.41 Å². The largest absolute Gasteiger partial charge is 0.384 e. The summed E-state index contributed by atoms with van der Waals surface area (Å²) in [7, 11) is 2.14. The third-order valence-electron chi connectivity index (χ3n) is 2.46. The first kappa shape index (κ1) is 14.8. The highest BCUT2D eigenvalue weighted by Gasteiger charge is 2.13. The summed E-state index contributed by atoms with van der Waals surface area (Å²) < 4.78 is 0. The monoisotopic (exact) mass is 245 g/mol. The Labute approximate surface area is 111 Å². The molecular weight excluding hydrogens is 222 g/mol. The fourth-order valence-electron chi connectivity index (χ4n) is 2.01. The molecule has 0 amide bonds. The zero-order chi connectivity index (χ0) is 13.6. The van der Waals surface area contributed by atoms with Crippen LogP contribution in [0.4, 0.5) is 0 Å². The maximum absolute atomic E-state index is 8.63. The molecule has 0 unspecified atom stereocenters. The van der Waals surface area contributed by atoms with Gasteiger partial charge in [-0.1, -0.05) is 44.7 Å². The molecule has 18 heavy (non-hydrogen) atoms. The van der Waals surface area contributed by atoms with Crippen molar-refractivity contribution in [1.29, 1.82) is 0 Å². The molecule has 98 valence electrons. The van der Waals surface area contributed by atoms with Crippen LogP contribution in [0, 0.1) is 17.3 Å². The van der Waals surface area contributed by atoms with Crippen LogP contribution >= 0.6 is 0 Å². The molecule has 0 fully saturated rings. The second kappa shape index (κ2) is 6.58. The van der Waals surface area contributed by atoms with Crippen LogP contribution in [-0.2, 0) is 6.54 Å². The Hall–Kier alpha value is -1.30. The quantitative estimate of drug-likeness (QED) is 0.827. The maximum Gasteiger partial charge on any atom is 0.104 e. The number of hydrogen-bond donors (Lipinski definition) is 1. The minimum absolute atomic E-state index is 0.0872. The molecule has 0 bridgehead atoms. The highest BCUT2D eigenvalue weighted by molar-refractivity contribution is 5.36. The van der Waals surface area contributed by atoms with Gasteiger partial charge in [0.15, 0.2) is 0 Å². The van der Waals surface area contributed by atoms with E-state index in [1.807, 2.05) is 12.1 Å². The lowest BCUT2D eigenvalue weighted by atomic mass is 9.96. The SMILES string of the molecule is CN(Cc1ccc(C#CCO)cc1)CC(C)(C)C. The fourth-order valence-corrected chi connectivity index (χ4v) is 2.01. The number of nitrogens with zero attached hydrogens (tertiary/aromatic N) is 1. The summed E-state index contributed by atoms with van der Waals surface area (Å²) in [6, 6.07) is 8.20. The Balaban J connectivity index is 2.58. The first-order valence-electron chi connectivity index (χ1n) is 6.28. The van der Waals surface area contributed by atoms with Gasteiger partial charge >= 0.3 is 0 Å². The molecule has 0 spiro atoms. The first-order chi connectivity index (χ1) is 8.40. The predicted octanol–water partition coefficient (Wildman–Crippen LogP) is 2.51. The molecule has 0 atom stereocenters. The molecule has 0 heterocycles. The average Bonchev–Trinajstić information content (AvgIpc) is 2.25. The van der Waals surface area contributed by atoms with Gasteiger partial charge in [0, 0.05) is 18.7 Å². The summed E-state index contributed by atoms with van der Waals surface area (Å²) in [5.74, 6) is 5.55. The van der Waals surface area contributed by atoms with Crippen LogP contribution in [0.3, 0.4) is 0 Å². The predicted molar refractivity (Wildman–Crippen MR) is 76.2 cm³/mol. The van der Waals surface area contributed by atoms with Gasteiger partial charge in [0.1, 0.15) is 6.61 Å². The third-order valence-corrected chi connectivity index (χ3v) is 2.46. The van der Waals surface area contributed by atoms with Crippen LogP contribution in [0.5, 0.6) is 0 Å². The molecule has 0 saturated carbocycles. The highest BCUT2D eigenvalue weighted by atomic mass is 16.2. The minimum Gasteiger partial charge on any atom is -0.384 e. The van der Waals surface area contributed by atoms with Crippen LogP contribution in [-0.4, -0.2) is 30.2 Å². The van der Waals surface area contributed by atoms with E-state index in [0.29, 0.717) is 5.41 Å². The van der Waals surface area contributed by atoms with Crippen molar-refractivity contribution in [3.05, 3.63) is 35.4 Å². The van der Waals surface area contributed by atoms with Gasteiger partial charge < -0.3 is 10.0 Å². The Kier molecular flexibility index (Phi) is 5.40. The molecule has 1 rings (SSSR count). The molecule has 0 aromatic heterocycles. The summed E-state index contributed by atoms with van der Waals surface area (Å²) in [6.45, 7) is 8.67. The maximum atomic E-state index is 8.63. The summed E-state index contributed by atoms with van der Waals surface area (Å²) in [6.07, 6.45) is 0. The minimum atomic E-state index is -0.0872. The van der Waals surface area contributed by atoms with Gasteiger partial charge in [-0.05, 0) is 30.2 Å². The normalized spacial score (nSPS) is 11.2. The molecule has 1 aromatic carbocycles. The van der Waals surface area contributed by atoms with Crippen LogP contribution in [0.15, 0.2) is 24.3 Å². The standard InChI is InChI=1S/C16H23NO/c1-16(2,3)13-17(4)12-15-9-7-14(8-10-15)6-5-11-18/h7-10,18H,11-13H2,1-4H3. The Morgan fingerprint density at radius 3 is 2.28 bits per heavy atom. The van der Waals surface area contributed by atoms with Crippen molar-refractivity contribution in [2.45, 2.75) is 27.3 Å². The number of benzene rings is 1. The lowest BCUT2D eigenvalue weighted by Crippen LogP contribution is -2.28. The first-order valence-corrected chi connectivity index (χ1v) is 6.28. The van der Waals surface area contributed by atoms with Crippen molar-refractivity contribution in [1.82, 2.24) is 4.90 Å². The molecule has 1 N–H and O–H groups in total. The van der Waals surface area contributed by atoms with E-state index < -0.39 is 0 Å². The zero-order valence-corrected chi connectivity index (χ0v) is 11.8. The van der Waals surface area contributed by atoms with Crippen molar-refractivity contribution in [3.8, 4) is 11.8 Å². The number of aliphatic hydroxyl groups is 1. The van der Waals surface area contributed by atoms with E-state index in [9.17, 15) is 0 Å². The van der Waals surface area contributed by atoms with Crippen LogP contribution in [0.25, 0.3) is 0 Å². The van der Waals surface area contributed by atoms with E-state index in [1.165, 1.54) is 5.56 Å². The molecular formula is C16H23NO. The van der Waals surface area contributed by atoms with E-state index in [1.54, 1.807) is 0 Å². The lowest BCUT2D eigenvalue weighted by molar-refractivity contribution is 0.221. The summed E-state index contributed by atoms with van der Waals surface area (Å²) in [5.41, 5.74) is 2.56. The molecule has 0 aliphatic carbocycles. The van der Waals surface area contributed by atoms with Gasteiger partial charge in [-0.2, -0.15) is 0 Å².